The fraction of sp³-hybridized carbons (Fsp3) is 0.455. The number of hydrogen-bond donors (Lipinski definition) is 1. The first-order valence-corrected chi connectivity index (χ1v) is 5.84. The average Bonchev–Trinajstić information content (AvgIpc) is 2.77. The first kappa shape index (κ1) is 13.2. The van der Waals surface area contributed by atoms with Crippen LogP contribution in [0.3, 0.4) is 0 Å². The number of hydrogen-bond acceptors (Lipinski definition) is 6. The second-order valence-electron chi connectivity index (χ2n) is 4.24. The molecule has 0 amide bonds. The van der Waals surface area contributed by atoms with Gasteiger partial charge in [-0.1, -0.05) is 0 Å². The lowest BCUT2D eigenvalue weighted by molar-refractivity contribution is 0.612. The number of aromatic nitrogens is 5. The van der Waals surface area contributed by atoms with Crippen LogP contribution in [-0.4, -0.2) is 45.4 Å². The van der Waals surface area contributed by atoms with Gasteiger partial charge < -0.3 is 10.2 Å². The van der Waals surface area contributed by atoms with E-state index in [1.54, 1.807) is 23.7 Å². The van der Waals surface area contributed by atoms with Crippen molar-refractivity contribution in [2.45, 2.75) is 6.42 Å². The van der Waals surface area contributed by atoms with Crippen LogP contribution in [0.25, 0.3) is 0 Å². The highest BCUT2D eigenvalue weighted by atomic mass is 19.1. The maximum Gasteiger partial charge on any atom is 0.224 e. The van der Waals surface area contributed by atoms with Crippen molar-refractivity contribution in [2.24, 2.45) is 7.05 Å². The smallest absolute Gasteiger partial charge is 0.224 e. The molecule has 0 saturated carbocycles. The minimum atomic E-state index is -0.441. The zero-order valence-electron chi connectivity index (χ0n) is 11.1. The number of anilines is 2. The van der Waals surface area contributed by atoms with Crippen LogP contribution in [0.5, 0.6) is 0 Å². The molecule has 2 heterocycles. The molecule has 0 aliphatic heterocycles. The van der Waals surface area contributed by atoms with Crippen LogP contribution in [0, 0.1) is 5.82 Å². The van der Waals surface area contributed by atoms with Crippen LogP contribution in [0.1, 0.15) is 5.82 Å². The van der Waals surface area contributed by atoms with Gasteiger partial charge in [-0.2, -0.15) is 10.1 Å². The average molecular weight is 265 g/mol. The van der Waals surface area contributed by atoms with Crippen molar-refractivity contribution in [3.63, 3.8) is 0 Å². The molecule has 0 atom stereocenters. The molecule has 2 aromatic rings. The van der Waals surface area contributed by atoms with Crippen LogP contribution in [0.4, 0.5) is 16.2 Å². The lowest BCUT2D eigenvalue weighted by atomic mass is 10.4. The van der Waals surface area contributed by atoms with E-state index in [0.717, 1.165) is 12.0 Å². The molecule has 8 heteroatoms. The zero-order valence-corrected chi connectivity index (χ0v) is 11.1. The SMILES string of the molecule is CN(C)c1nc(NCCc2ncnn2C)ncc1F. The minimum absolute atomic E-state index is 0.260. The predicted octanol–water partition coefficient (Wildman–Crippen LogP) is 0.465. The highest BCUT2D eigenvalue weighted by Gasteiger charge is 2.08. The Hall–Kier alpha value is -2.25. The first-order valence-electron chi connectivity index (χ1n) is 5.84. The Bertz CT molecular complexity index is 552. The zero-order chi connectivity index (χ0) is 13.8. The summed E-state index contributed by atoms with van der Waals surface area (Å²) >= 11 is 0. The second kappa shape index (κ2) is 5.59. The molecule has 0 aliphatic rings. The fourth-order valence-corrected chi connectivity index (χ4v) is 1.59. The summed E-state index contributed by atoms with van der Waals surface area (Å²) in [7, 11) is 5.30. The van der Waals surface area contributed by atoms with Gasteiger partial charge in [-0.25, -0.2) is 14.4 Å². The third-order valence-corrected chi connectivity index (χ3v) is 2.59. The van der Waals surface area contributed by atoms with Gasteiger partial charge in [0.25, 0.3) is 0 Å². The fourth-order valence-electron chi connectivity index (χ4n) is 1.59. The van der Waals surface area contributed by atoms with E-state index in [1.807, 2.05) is 7.05 Å². The van der Waals surface area contributed by atoms with Gasteiger partial charge in [-0.3, -0.25) is 4.68 Å². The summed E-state index contributed by atoms with van der Waals surface area (Å²) in [4.78, 5) is 13.7. The monoisotopic (exact) mass is 265 g/mol. The Labute approximate surface area is 110 Å². The van der Waals surface area contributed by atoms with Gasteiger partial charge in [0.15, 0.2) is 11.6 Å². The van der Waals surface area contributed by atoms with Crippen LogP contribution < -0.4 is 10.2 Å². The summed E-state index contributed by atoms with van der Waals surface area (Å²) in [5, 5.41) is 7.02. The lowest BCUT2D eigenvalue weighted by Gasteiger charge is -2.13. The number of aryl methyl sites for hydroxylation is 1. The van der Waals surface area contributed by atoms with E-state index in [2.05, 4.69) is 25.4 Å². The Kier molecular flexibility index (Phi) is 3.88. The van der Waals surface area contributed by atoms with Gasteiger partial charge in [0, 0.05) is 34.1 Å². The highest BCUT2D eigenvalue weighted by Crippen LogP contribution is 2.14. The topological polar surface area (TPSA) is 71.8 Å². The minimum Gasteiger partial charge on any atom is -0.360 e. The van der Waals surface area contributed by atoms with Crippen molar-refractivity contribution in [1.82, 2.24) is 24.7 Å². The van der Waals surface area contributed by atoms with Crippen LogP contribution >= 0.6 is 0 Å². The van der Waals surface area contributed by atoms with Crippen molar-refractivity contribution < 1.29 is 4.39 Å². The first-order chi connectivity index (χ1) is 9.08. The quantitative estimate of drug-likeness (QED) is 0.847. The normalized spacial score (nSPS) is 10.5. The van der Waals surface area contributed by atoms with Crippen LogP contribution in [0.2, 0.25) is 0 Å². The standard InChI is InChI=1S/C11H16FN7/c1-18(2)10-8(12)6-14-11(17-10)13-5-4-9-15-7-16-19(9)3/h6-7H,4-5H2,1-3H3,(H,13,14,17). The third-order valence-electron chi connectivity index (χ3n) is 2.59. The Balaban J connectivity index is 1.96. The van der Waals surface area contributed by atoms with Gasteiger partial charge in [-0.15, -0.1) is 0 Å². The van der Waals surface area contributed by atoms with Gasteiger partial charge >= 0.3 is 0 Å². The number of rotatable bonds is 5. The summed E-state index contributed by atoms with van der Waals surface area (Å²) in [6.45, 7) is 0.602. The maximum absolute atomic E-state index is 13.4. The van der Waals surface area contributed by atoms with Gasteiger partial charge in [0.05, 0.1) is 6.20 Å². The molecule has 0 spiro atoms. The van der Waals surface area contributed by atoms with Crippen molar-refractivity contribution in [2.75, 3.05) is 30.9 Å². The molecular formula is C11H16FN7. The summed E-state index contributed by atoms with van der Waals surface area (Å²) in [5.74, 6) is 1.08. The Morgan fingerprint density at radius 2 is 2.16 bits per heavy atom. The molecule has 1 N–H and O–H groups in total. The number of nitrogens with one attached hydrogen (secondary N) is 1. The molecule has 102 valence electrons. The molecule has 0 unspecified atom stereocenters. The molecular weight excluding hydrogens is 249 g/mol. The van der Waals surface area contributed by atoms with E-state index < -0.39 is 5.82 Å². The summed E-state index contributed by atoms with van der Waals surface area (Å²) < 4.78 is 15.1. The molecule has 0 bridgehead atoms. The molecule has 0 fully saturated rings. The highest BCUT2D eigenvalue weighted by molar-refractivity contribution is 5.42. The molecule has 19 heavy (non-hydrogen) atoms. The van der Waals surface area contributed by atoms with Crippen molar-refractivity contribution in [3.8, 4) is 0 Å². The molecule has 0 aromatic carbocycles. The van der Waals surface area contributed by atoms with Crippen molar-refractivity contribution in [3.05, 3.63) is 24.2 Å². The van der Waals surface area contributed by atoms with Crippen molar-refractivity contribution >= 4 is 11.8 Å². The summed E-state index contributed by atoms with van der Waals surface area (Å²) in [6, 6.07) is 0. The molecule has 0 radical (unpaired) electrons. The summed E-state index contributed by atoms with van der Waals surface area (Å²) in [6.07, 6.45) is 3.36. The van der Waals surface area contributed by atoms with Crippen LogP contribution in [-0.2, 0) is 13.5 Å². The van der Waals surface area contributed by atoms with E-state index in [1.165, 1.54) is 6.33 Å². The molecule has 2 aromatic heterocycles. The van der Waals surface area contributed by atoms with Crippen molar-refractivity contribution in [1.29, 1.82) is 0 Å². The van der Waals surface area contributed by atoms with E-state index in [0.29, 0.717) is 18.9 Å². The Morgan fingerprint density at radius 1 is 1.37 bits per heavy atom. The van der Waals surface area contributed by atoms with Gasteiger partial charge in [-0.05, 0) is 0 Å². The predicted molar refractivity (Wildman–Crippen MR) is 69.5 cm³/mol. The van der Waals surface area contributed by atoms with E-state index >= 15 is 0 Å². The largest absolute Gasteiger partial charge is 0.360 e. The number of nitrogens with zero attached hydrogens (tertiary/aromatic N) is 6. The van der Waals surface area contributed by atoms with Crippen LogP contribution in [0.15, 0.2) is 12.5 Å². The van der Waals surface area contributed by atoms with E-state index in [9.17, 15) is 4.39 Å². The second-order valence-corrected chi connectivity index (χ2v) is 4.24. The number of halogens is 1. The maximum atomic E-state index is 13.4. The molecule has 2 rings (SSSR count). The third kappa shape index (κ3) is 3.15. The van der Waals surface area contributed by atoms with Gasteiger partial charge in [0.1, 0.15) is 12.2 Å². The lowest BCUT2D eigenvalue weighted by Crippen LogP contribution is -2.16. The molecule has 0 saturated heterocycles. The van der Waals surface area contributed by atoms with E-state index in [-0.39, 0.29) is 5.82 Å². The molecule has 0 aliphatic carbocycles. The molecule has 7 nitrogen and oxygen atoms in total. The summed E-state index contributed by atoms with van der Waals surface area (Å²) in [5.41, 5.74) is 0. The van der Waals surface area contributed by atoms with E-state index in [4.69, 9.17) is 0 Å². The Morgan fingerprint density at radius 3 is 2.79 bits per heavy atom. The van der Waals surface area contributed by atoms with Gasteiger partial charge in [0.2, 0.25) is 5.95 Å².